The molecule has 1 aromatic heterocycles. The third kappa shape index (κ3) is 2.82. The van der Waals surface area contributed by atoms with Crippen molar-refractivity contribution in [1.82, 2.24) is 4.98 Å². The first-order valence-corrected chi connectivity index (χ1v) is 5.48. The molecule has 2 aromatic rings. The maximum atomic E-state index is 9.62. The fourth-order valence-corrected chi connectivity index (χ4v) is 1.53. The van der Waals surface area contributed by atoms with E-state index in [1.165, 1.54) is 0 Å². The smallest absolute Gasteiger partial charge is 0.141 e. The number of aryl methyl sites for hydroxylation is 1. The van der Waals surface area contributed by atoms with E-state index in [1.54, 1.807) is 36.8 Å². The van der Waals surface area contributed by atoms with E-state index >= 15 is 0 Å². The van der Waals surface area contributed by atoms with Crippen molar-refractivity contribution in [3.63, 3.8) is 0 Å². The van der Waals surface area contributed by atoms with Gasteiger partial charge in [-0.1, -0.05) is 17.7 Å². The van der Waals surface area contributed by atoms with Crippen LogP contribution in [0.15, 0.2) is 41.7 Å². The number of aromatic hydroxyl groups is 1. The first-order valence-electron chi connectivity index (χ1n) is 5.10. The summed E-state index contributed by atoms with van der Waals surface area (Å²) in [6, 6.07) is 7.02. The third-order valence-corrected chi connectivity index (χ3v) is 2.59. The summed E-state index contributed by atoms with van der Waals surface area (Å²) in [5.41, 5.74) is 2.33. The zero-order valence-electron chi connectivity index (χ0n) is 9.26. The monoisotopic (exact) mass is 246 g/mol. The van der Waals surface area contributed by atoms with E-state index in [-0.39, 0.29) is 5.75 Å². The summed E-state index contributed by atoms with van der Waals surface area (Å²) < 4.78 is 0. The van der Waals surface area contributed by atoms with Crippen LogP contribution >= 0.6 is 11.6 Å². The van der Waals surface area contributed by atoms with Crippen molar-refractivity contribution in [1.29, 1.82) is 0 Å². The number of aromatic nitrogens is 1. The topological polar surface area (TPSA) is 45.5 Å². The molecule has 0 aliphatic carbocycles. The van der Waals surface area contributed by atoms with Gasteiger partial charge in [-0.3, -0.25) is 9.98 Å². The quantitative estimate of drug-likeness (QED) is 0.825. The maximum absolute atomic E-state index is 9.62. The van der Waals surface area contributed by atoms with Crippen LogP contribution < -0.4 is 0 Å². The van der Waals surface area contributed by atoms with Crippen LogP contribution in [0.2, 0.25) is 5.02 Å². The van der Waals surface area contributed by atoms with Crippen LogP contribution in [0.25, 0.3) is 0 Å². The Kier molecular flexibility index (Phi) is 3.40. The number of phenolic OH excluding ortho intramolecular Hbond substituents is 1. The number of hydrogen-bond donors (Lipinski definition) is 1. The van der Waals surface area contributed by atoms with Gasteiger partial charge in [-0.15, -0.1) is 0 Å². The molecule has 0 saturated carbocycles. The Morgan fingerprint density at radius 3 is 2.94 bits per heavy atom. The number of rotatable bonds is 2. The van der Waals surface area contributed by atoms with Gasteiger partial charge in [0.25, 0.3) is 0 Å². The molecule has 0 aliphatic rings. The summed E-state index contributed by atoms with van der Waals surface area (Å²) >= 11 is 5.95. The summed E-state index contributed by atoms with van der Waals surface area (Å²) in [7, 11) is 0. The predicted octanol–water partition coefficient (Wildman–Crippen LogP) is 3.50. The van der Waals surface area contributed by atoms with Gasteiger partial charge in [0.05, 0.1) is 5.02 Å². The highest BCUT2D eigenvalue weighted by atomic mass is 35.5. The molecule has 4 heteroatoms. The summed E-state index contributed by atoms with van der Waals surface area (Å²) in [5, 5.41) is 10.2. The highest BCUT2D eigenvalue weighted by Crippen LogP contribution is 2.27. The fourth-order valence-electron chi connectivity index (χ4n) is 1.37. The number of phenols is 1. The molecule has 0 spiro atoms. The Hall–Kier alpha value is -1.87. The summed E-state index contributed by atoms with van der Waals surface area (Å²) in [4.78, 5) is 8.10. The Bertz CT molecular complexity index is 567. The van der Waals surface area contributed by atoms with Gasteiger partial charge in [0, 0.05) is 24.2 Å². The Labute approximate surface area is 104 Å². The van der Waals surface area contributed by atoms with Crippen LogP contribution in [0.5, 0.6) is 5.75 Å². The largest absolute Gasteiger partial charge is 0.506 e. The second-order valence-electron chi connectivity index (χ2n) is 3.65. The molecule has 0 radical (unpaired) electrons. The molecule has 0 saturated heterocycles. The molecule has 0 bridgehead atoms. The summed E-state index contributed by atoms with van der Waals surface area (Å²) in [6.45, 7) is 1.94. The Morgan fingerprint density at radius 1 is 1.35 bits per heavy atom. The molecule has 1 heterocycles. The Balaban J connectivity index is 2.32. The van der Waals surface area contributed by atoms with E-state index in [1.807, 2.05) is 13.0 Å². The zero-order valence-corrected chi connectivity index (χ0v) is 10.0. The molecule has 0 amide bonds. The molecular weight excluding hydrogens is 236 g/mol. The van der Waals surface area contributed by atoms with E-state index in [9.17, 15) is 5.11 Å². The highest BCUT2D eigenvalue weighted by molar-refractivity contribution is 6.32. The molecular formula is C13H11ClN2O. The van der Waals surface area contributed by atoms with E-state index in [4.69, 9.17) is 11.6 Å². The normalized spacial score (nSPS) is 10.9. The number of pyridine rings is 1. The van der Waals surface area contributed by atoms with Gasteiger partial charge in [-0.2, -0.15) is 0 Å². The second-order valence-corrected chi connectivity index (χ2v) is 4.05. The van der Waals surface area contributed by atoms with E-state index in [0.717, 1.165) is 11.1 Å². The lowest BCUT2D eigenvalue weighted by molar-refractivity contribution is 0.477. The number of halogens is 1. The van der Waals surface area contributed by atoms with Crippen LogP contribution in [-0.4, -0.2) is 16.3 Å². The number of aliphatic imine (C=N–C) groups is 1. The molecule has 3 nitrogen and oxygen atoms in total. The van der Waals surface area contributed by atoms with Gasteiger partial charge in [0.15, 0.2) is 0 Å². The molecule has 17 heavy (non-hydrogen) atoms. The molecule has 0 fully saturated rings. The van der Waals surface area contributed by atoms with E-state index < -0.39 is 0 Å². The lowest BCUT2D eigenvalue weighted by Crippen LogP contribution is -1.83. The molecule has 0 unspecified atom stereocenters. The lowest BCUT2D eigenvalue weighted by Gasteiger charge is -2.00. The van der Waals surface area contributed by atoms with Crippen molar-refractivity contribution in [3.8, 4) is 5.75 Å². The minimum absolute atomic E-state index is 0.150. The van der Waals surface area contributed by atoms with Gasteiger partial charge in [-0.25, -0.2) is 0 Å². The van der Waals surface area contributed by atoms with Crippen molar-refractivity contribution in [2.24, 2.45) is 4.99 Å². The molecule has 86 valence electrons. The predicted molar refractivity (Wildman–Crippen MR) is 69.3 cm³/mol. The van der Waals surface area contributed by atoms with Crippen LogP contribution in [-0.2, 0) is 0 Å². The molecule has 1 N–H and O–H groups in total. The average Bonchev–Trinajstić information content (AvgIpc) is 2.32. The maximum Gasteiger partial charge on any atom is 0.141 e. The van der Waals surface area contributed by atoms with Gasteiger partial charge in [0.2, 0.25) is 0 Å². The first-order chi connectivity index (χ1) is 8.16. The van der Waals surface area contributed by atoms with E-state index in [0.29, 0.717) is 10.7 Å². The zero-order chi connectivity index (χ0) is 12.3. The number of benzene rings is 1. The van der Waals surface area contributed by atoms with Gasteiger partial charge >= 0.3 is 0 Å². The number of hydrogen-bond acceptors (Lipinski definition) is 3. The van der Waals surface area contributed by atoms with Gasteiger partial charge in [-0.05, 0) is 30.7 Å². The highest BCUT2D eigenvalue weighted by Gasteiger charge is 1.99. The van der Waals surface area contributed by atoms with Gasteiger partial charge < -0.3 is 5.11 Å². The van der Waals surface area contributed by atoms with Crippen molar-refractivity contribution in [2.75, 3.05) is 0 Å². The SMILES string of the molecule is Cc1ccc(O)c(N=Cc2ccncc2Cl)c1. The van der Waals surface area contributed by atoms with Crippen LogP contribution in [0.1, 0.15) is 11.1 Å². The minimum atomic E-state index is 0.150. The van der Waals surface area contributed by atoms with Gasteiger partial charge in [0.1, 0.15) is 11.4 Å². The van der Waals surface area contributed by atoms with Crippen LogP contribution in [0.4, 0.5) is 5.69 Å². The molecule has 1 aromatic carbocycles. The van der Waals surface area contributed by atoms with Crippen molar-refractivity contribution < 1.29 is 5.11 Å². The van der Waals surface area contributed by atoms with Crippen molar-refractivity contribution in [2.45, 2.75) is 6.92 Å². The van der Waals surface area contributed by atoms with Crippen LogP contribution in [0, 0.1) is 6.92 Å². The molecule has 0 atom stereocenters. The standard InChI is InChI=1S/C13H11ClN2O/c1-9-2-3-13(17)12(6-9)16-7-10-4-5-15-8-11(10)14/h2-8,17H,1H3. The minimum Gasteiger partial charge on any atom is -0.506 e. The lowest BCUT2D eigenvalue weighted by atomic mass is 10.2. The summed E-state index contributed by atoms with van der Waals surface area (Å²) in [6.07, 6.45) is 4.81. The average molecular weight is 247 g/mol. The fraction of sp³-hybridized carbons (Fsp3) is 0.0769. The Morgan fingerprint density at radius 2 is 2.18 bits per heavy atom. The van der Waals surface area contributed by atoms with E-state index in [2.05, 4.69) is 9.98 Å². The molecule has 0 aliphatic heterocycles. The first kappa shape index (κ1) is 11.6. The second kappa shape index (κ2) is 4.97. The van der Waals surface area contributed by atoms with Crippen molar-refractivity contribution in [3.05, 3.63) is 52.8 Å². The molecule has 2 rings (SSSR count). The third-order valence-electron chi connectivity index (χ3n) is 2.28. The summed E-state index contributed by atoms with van der Waals surface area (Å²) in [5.74, 6) is 0.150. The van der Waals surface area contributed by atoms with Crippen LogP contribution in [0.3, 0.4) is 0 Å². The van der Waals surface area contributed by atoms with Crippen molar-refractivity contribution >= 4 is 23.5 Å². The number of nitrogens with zero attached hydrogens (tertiary/aromatic N) is 2.